The number of rotatable bonds is 5. The van der Waals surface area contributed by atoms with E-state index in [0.29, 0.717) is 0 Å². The number of aryl methyl sites for hydroxylation is 3. The highest BCUT2D eigenvalue weighted by atomic mass is 32.1. The van der Waals surface area contributed by atoms with Crippen LogP contribution in [0.5, 0.6) is 0 Å². The summed E-state index contributed by atoms with van der Waals surface area (Å²) < 4.78 is 0. The van der Waals surface area contributed by atoms with Gasteiger partial charge in [-0.25, -0.2) is 9.97 Å². The van der Waals surface area contributed by atoms with Crippen LogP contribution in [-0.2, 0) is 19.3 Å². The second-order valence-corrected chi connectivity index (χ2v) is 9.69. The van der Waals surface area contributed by atoms with Crippen LogP contribution in [0.15, 0.2) is 30.3 Å². The van der Waals surface area contributed by atoms with E-state index in [2.05, 4.69) is 11.8 Å². The zero-order valence-electron chi connectivity index (χ0n) is 18.3. The Morgan fingerprint density at radius 1 is 1.03 bits per heavy atom. The lowest BCUT2D eigenvalue weighted by Crippen LogP contribution is -2.49. The molecule has 0 saturated carbocycles. The number of anilines is 1. The Hall–Kier alpha value is -2.47. The number of unbranched alkanes of at least 4 members (excludes halogenated alkanes) is 1. The lowest BCUT2D eigenvalue weighted by atomic mass is 9.96. The Bertz CT molecular complexity index is 1070. The SMILES string of the molecule is CCCCc1nc(N2CCN(C(=O)c3ccccc3)CC2)c2c3c(sc2n1)CCCC3. The fraction of sp³-hybridized carbons (Fsp3) is 0.480. The van der Waals surface area contributed by atoms with Crippen LogP contribution >= 0.6 is 11.3 Å². The minimum atomic E-state index is 0.129. The Balaban J connectivity index is 1.43. The first-order chi connectivity index (χ1) is 15.2. The topological polar surface area (TPSA) is 49.3 Å². The summed E-state index contributed by atoms with van der Waals surface area (Å²) in [5, 5.41) is 1.29. The van der Waals surface area contributed by atoms with E-state index in [1.165, 1.54) is 39.9 Å². The first kappa shape index (κ1) is 20.4. The maximum absolute atomic E-state index is 12.9. The van der Waals surface area contributed by atoms with E-state index in [4.69, 9.17) is 9.97 Å². The number of thiophene rings is 1. The average Bonchev–Trinajstić information content (AvgIpc) is 3.21. The first-order valence-corrected chi connectivity index (χ1v) is 12.5. The monoisotopic (exact) mass is 434 g/mol. The Labute approximate surface area is 188 Å². The molecule has 1 saturated heterocycles. The van der Waals surface area contributed by atoms with Gasteiger partial charge in [0, 0.05) is 43.0 Å². The molecular formula is C25H30N4OS. The molecule has 0 unspecified atom stereocenters. The van der Waals surface area contributed by atoms with Gasteiger partial charge in [-0.15, -0.1) is 11.3 Å². The molecule has 2 aliphatic rings. The fourth-order valence-electron chi connectivity index (χ4n) is 4.74. The van der Waals surface area contributed by atoms with Crippen LogP contribution < -0.4 is 4.90 Å². The zero-order chi connectivity index (χ0) is 21.2. The molecule has 2 aromatic heterocycles. The normalized spacial score (nSPS) is 16.5. The molecule has 6 heteroatoms. The summed E-state index contributed by atoms with van der Waals surface area (Å²) in [7, 11) is 0. The number of piperazine rings is 1. The molecule has 0 atom stereocenters. The summed E-state index contributed by atoms with van der Waals surface area (Å²) in [5.74, 6) is 2.22. The Morgan fingerprint density at radius 2 is 1.81 bits per heavy atom. The fourth-order valence-corrected chi connectivity index (χ4v) is 6.02. The van der Waals surface area contributed by atoms with Gasteiger partial charge < -0.3 is 9.80 Å². The van der Waals surface area contributed by atoms with E-state index in [1.807, 2.05) is 46.6 Å². The smallest absolute Gasteiger partial charge is 0.253 e. The quantitative estimate of drug-likeness (QED) is 0.575. The molecule has 0 radical (unpaired) electrons. The van der Waals surface area contributed by atoms with Gasteiger partial charge in [0.25, 0.3) is 5.91 Å². The molecule has 1 aromatic carbocycles. The van der Waals surface area contributed by atoms with E-state index in [9.17, 15) is 4.79 Å². The summed E-state index contributed by atoms with van der Waals surface area (Å²) in [5.41, 5.74) is 2.26. The molecule has 1 aliphatic heterocycles. The van der Waals surface area contributed by atoms with Crippen molar-refractivity contribution < 1.29 is 4.79 Å². The van der Waals surface area contributed by atoms with Crippen molar-refractivity contribution in [1.82, 2.24) is 14.9 Å². The molecule has 0 bridgehead atoms. The summed E-state index contributed by atoms with van der Waals surface area (Å²) in [6.45, 7) is 5.32. The maximum Gasteiger partial charge on any atom is 0.253 e. The lowest BCUT2D eigenvalue weighted by molar-refractivity contribution is 0.0746. The van der Waals surface area contributed by atoms with Gasteiger partial charge in [0.2, 0.25) is 0 Å². The minimum absolute atomic E-state index is 0.129. The molecule has 162 valence electrons. The van der Waals surface area contributed by atoms with Crippen molar-refractivity contribution in [2.45, 2.75) is 51.9 Å². The van der Waals surface area contributed by atoms with Crippen LogP contribution in [0.3, 0.4) is 0 Å². The molecular weight excluding hydrogens is 404 g/mol. The Morgan fingerprint density at radius 3 is 2.58 bits per heavy atom. The van der Waals surface area contributed by atoms with Crippen LogP contribution in [0.1, 0.15) is 59.2 Å². The number of amides is 1. The highest BCUT2D eigenvalue weighted by Gasteiger charge is 2.27. The molecule has 3 aromatic rings. The van der Waals surface area contributed by atoms with Crippen molar-refractivity contribution in [3.8, 4) is 0 Å². The summed E-state index contributed by atoms with van der Waals surface area (Å²) in [6.07, 6.45) is 8.08. The molecule has 5 nitrogen and oxygen atoms in total. The number of aromatic nitrogens is 2. The van der Waals surface area contributed by atoms with Gasteiger partial charge in [-0.3, -0.25) is 4.79 Å². The Kier molecular flexibility index (Phi) is 5.90. The number of hydrogen-bond acceptors (Lipinski definition) is 5. The molecule has 1 amide bonds. The van der Waals surface area contributed by atoms with Gasteiger partial charge in [-0.2, -0.15) is 0 Å². The van der Waals surface area contributed by atoms with E-state index in [-0.39, 0.29) is 5.91 Å². The molecule has 3 heterocycles. The van der Waals surface area contributed by atoms with Gasteiger partial charge in [-0.05, 0) is 49.8 Å². The van der Waals surface area contributed by atoms with E-state index < -0.39 is 0 Å². The third-order valence-corrected chi connectivity index (χ3v) is 7.67. The summed E-state index contributed by atoms with van der Waals surface area (Å²) in [4.78, 5) is 30.0. The molecule has 1 aliphatic carbocycles. The van der Waals surface area contributed by atoms with E-state index >= 15 is 0 Å². The highest BCUT2D eigenvalue weighted by Crippen LogP contribution is 2.40. The minimum Gasteiger partial charge on any atom is -0.352 e. The number of fused-ring (bicyclic) bond motifs is 3. The largest absolute Gasteiger partial charge is 0.352 e. The number of carbonyl (C=O) groups excluding carboxylic acids is 1. The average molecular weight is 435 g/mol. The van der Waals surface area contributed by atoms with E-state index in [0.717, 1.165) is 69.1 Å². The number of carbonyl (C=O) groups is 1. The second kappa shape index (κ2) is 8.95. The molecule has 31 heavy (non-hydrogen) atoms. The number of nitrogens with zero attached hydrogens (tertiary/aromatic N) is 4. The summed E-state index contributed by atoms with van der Waals surface area (Å²) in [6, 6.07) is 9.62. The summed E-state index contributed by atoms with van der Waals surface area (Å²) >= 11 is 1.89. The van der Waals surface area contributed by atoms with Gasteiger partial charge in [0.1, 0.15) is 16.5 Å². The standard InChI is InChI=1S/C25H30N4OS/c1-2-3-13-21-26-23(22-19-11-7-8-12-20(19)31-24(22)27-21)28-14-16-29(17-15-28)25(30)18-9-5-4-6-10-18/h4-6,9-10H,2-3,7-8,11-17H2,1H3. The van der Waals surface area contributed by atoms with Crippen LogP contribution in [-0.4, -0.2) is 47.0 Å². The predicted molar refractivity (Wildman–Crippen MR) is 127 cm³/mol. The van der Waals surface area contributed by atoms with Crippen LogP contribution in [0.25, 0.3) is 10.2 Å². The van der Waals surface area contributed by atoms with Gasteiger partial charge in [-0.1, -0.05) is 31.5 Å². The number of benzene rings is 1. The van der Waals surface area contributed by atoms with Gasteiger partial charge in [0.15, 0.2) is 0 Å². The van der Waals surface area contributed by atoms with Crippen molar-refractivity contribution in [2.75, 3.05) is 31.1 Å². The van der Waals surface area contributed by atoms with Crippen molar-refractivity contribution in [1.29, 1.82) is 0 Å². The van der Waals surface area contributed by atoms with Crippen LogP contribution in [0, 0.1) is 0 Å². The van der Waals surface area contributed by atoms with Gasteiger partial charge in [0.05, 0.1) is 5.39 Å². The molecule has 1 fully saturated rings. The number of hydrogen-bond donors (Lipinski definition) is 0. The van der Waals surface area contributed by atoms with Crippen LogP contribution in [0.4, 0.5) is 5.82 Å². The maximum atomic E-state index is 12.9. The first-order valence-electron chi connectivity index (χ1n) is 11.6. The molecule has 5 rings (SSSR count). The van der Waals surface area contributed by atoms with Crippen molar-refractivity contribution in [3.05, 3.63) is 52.2 Å². The third kappa shape index (κ3) is 4.05. The second-order valence-electron chi connectivity index (χ2n) is 8.60. The van der Waals surface area contributed by atoms with Crippen molar-refractivity contribution in [3.63, 3.8) is 0 Å². The molecule has 0 spiro atoms. The highest BCUT2D eigenvalue weighted by molar-refractivity contribution is 7.19. The van der Waals surface area contributed by atoms with Crippen molar-refractivity contribution in [2.24, 2.45) is 0 Å². The van der Waals surface area contributed by atoms with E-state index in [1.54, 1.807) is 0 Å². The van der Waals surface area contributed by atoms with Crippen molar-refractivity contribution >= 4 is 33.3 Å². The molecule has 0 N–H and O–H groups in total. The zero-order valence-corrected chi connectivity index (χ0v) is 19.1. The van der Waals surface area contributed by atoms with Gasteiger partial charge >= 0.3 is 0 Å². The van der Waals surface area contributed by atoms with Crippen LogP contribution in [0.2, 0.25) is 0 Å². The predicted octanol–water partition coefficient (Wildman–Crippen LogP) is 4.88. The third-order valence-electron chi connectivity index (χ3n) is 6.48. The lowest BCUT2D eigenvalue weighted by Gasteiger charge is -2.36.